The monoisotopic (exact) mass is 445 g/mol. The van der Waals surface area contributed by atoms with E-state index in [-0.39, 0.29) is 10.9 Å². The maximum absolute atomic E-state index is 14.9. The minimum Gasteiger partial charge on any atom is -0.378 e. The molecule has 0 N–H and O–H groups in total. The lowest BCUT2D eigenvalue weighted by molar-refractivity contribution is -0.137. The maximum atomic E-state index is 14.9. The number of fused-ring (bicyclic) bond motifs is 1. The molecule has 1 aromatic heterocycles. The van der Waals surface area contributed by atoms with E-state index in [1.165, 1.54) is 18.3 Å². The van der Waals surface area contributed by atoms with Crippen molar-refractivity contribution in [1.82, 2.24) is 4.57 Å². The van der Waals surface area contributed by atoms with E-state index in [4.69, 9.17) is 4.74 Å². The standard InChI is InChI=1S/C23H19F4N3O2/c1-14(15-2-4-17(5-3-15)23(25,26)27)30-13-16(12-28)22(31)18-10-19(24)21(11-20(18)30)29-6-8-32-9-7-29/h2-5,10-11,13-14H,6-9H2,1H3/t14-/m0/s1. The number of nitriles is 1. The third kappa shape index (κ3) is 3.94. The molecule has 0 bridgehead atoms. The average molecular weight is 445 g/mol. The second-order valence-electron chi connectivity index (χ2n) is 7.61. The van der Waals surface area contributed by atoms with Crippen LogP contribution in [0, 0.1) is 17.1 Å². The van der Waals surface area contributed by atoms with Gasteiger partial charge in [0.2, 0.25) is 5.43 Å². The van der Waals surface area contributed by atoms with Crippen LogP contribution >= 0.6 is 0 Å². The van der Waals surface area contributed by atoms with Gasteiger partial charge in [0.25, 0.3) is 0 Å². The Hall–Kier alpha value is -3.38. The summed E-state index contributed by atoms with van der Waals surface area (Å²) in [6, 6.07) is 8.68. The highest BCUT2D eigenvalue weighted by atomic mass is 19.4. The highest BCUT2D eigenvalue weighted by Crippen LogP contribution is 2.32. The molecule has 0 amide bonds. The topological polar surface area (TPSA) is 58.3 Å². The van der Waals surface area contributed by atoms with Crippen molar-refractivity contribution in [3.05, 3.63) is 75.3 Å². The summed E-state index contributed by atoms with van der Waals surface area (Å²) in [5.41, 5.74) is -0.292. The van der Waals surface area contributed by atoms with Gasteiger partial charge in [0, 0.05) is 19.3 Å². The first-order chi connectivity index (χ1) is 15.2. The Kier molecular flexibility index (Phi) is 5.65. The van der Waals surface area contributed by atoms with Crippen LogP contribution in [0.4, 0.5) is 23.2 Å². The molecule has 1 atom stereocenters. The first-order valence-corrected chi connectivity index (χ1v) is 9.99. The fourth-order valence-electron chi connectivity index (χ4n) is 3.92. The van der Waals surface area contributed by atoms with Crippen molar-refractivity contribution in [1.29, 1.82) is 5.26 Å². The molecular formula is C23H19F4N3O2. The normalized spacial score (nSPS) is 15.6. The maximum Gasteiger partial charge on any atom is 0.416 e. The van der Waals surface area contributed by atoms with Gasteiger partial charge >= 0.3 is 6.18 Å². The van der Waals surface area contributed by atoms with E-state index in [2.05, 4.69) is 0 Å². The average Bonchev–Trinajstić information content (AvgIpc) is 2.79. The molecule has 1 saturated heterocycles. The van der Waals surface area contributed by atoms with Crippen LogP contribution in [0.2, 0.25) is 0 Å². The third-order valence-electron chi connectivity index (χ3n) is 5.71. The van der Waals surface area contributed by atoms with Gasteiger partial charge in [-0.15, -0.1) is 0 Å². The van der Waals surface area contributed by atoms with Crippen molar-refractivity contribution in [2.75, 3.05) is 31.2 Å². The SMILES string of the molecule is C[C@@H](c1ccc(C(F)(F)F)cc1)n1cc(C#N)c(=O)c2cc(F)c(N3CCOCC3)cc21. The summed E-state index contributed by atoms with van der Waals surface area (Å²) in [6.07, 6.45) is -3.08. The number of alkyl halides is 3. The Bertz CT molecular complexity index is 1250. The molecule has 5 nitrogen and oxygen atoms in total. The smallest absolute Gasteiger partial charge is 0.378 e. The van der Waals surface area contributed by atoms with E-state index in [0.717, 1.165) is 18.2 Å². The predicted octanol–water partition coefficient (Wildman–Crippen LogP) is 4.48. The summed E-state index contributed by atoms with van der Waals surface area (Å²) in [6.45, 7) is 3.60. The van der Waals surface area contributed by atoms with Gasteiger partial charge in [0.05, 0.1) is 41.4 Å². The second-order valence-corrected chi connectivity index (χ2v) is 7.61. The fraction of sp³-hybridized carbons (Fsp3) is 0.304. The molecule has 2 aromatic carbocycles. The largest absolute Gasteiger partial charge is 0.416 e. The van der Waals surface area contributed by atoms with Crippen molar-refractivity contribution < 1.29 is 22.3 Å². The number of pyridine rings is 1. The summed E-state index contributed by atoms with van der Waals surface area (Å²) in [5, 5.41) is 9.44. The lowest BCUT2D eigenvalue weighted by atomic mass is 10.0. The minimum absolute atomic E-state index is 0.0392. The van der Waals surface area contributed by atoms with Crippen molar-refractivity contribution in [2.45, 2.75) is 19.1 Å². The number of anilines is 1. The molecule has 2 heterocycles. The van der Waals surface area contributed by atoms with Crippen LogP contribution in [0.25, 0.3) is 10.9 Å². The number of hydrogen-bond acceptors (Lipinski definition) is 4. The highest BCUT2D eigenvalue weighted by Gasteiger charge is 2.30. The van der Waals surface area contributed by atoms with E-state index in [1.54, 1.807) is 17.6 Å². The van der Waals surface area contributed by atoms with E-state index in [9.17, 15) is 27.6 Å². The van der Waals surface area contributed by atoms with Crippen LogP contribution in [0.5, 0.6) is 0 Å². The lowest BCUT2D eigenvalue weighted by Crippen LogP contribution is -2.36. The fourth-order valence-corrected chi connectivity index (χ4v) is 3.92. The summed E-state index contributed by atoms with van der Waals surface area (Å²) in [4.78, 5) is 14.5. The van der Waals surface area contributed by atoms with Gasteiger partial charge in [-0.05, 0) is 36.8 Å². The number of halogens is 4. The number of morpholine rings is 1. The van der Waals surface area contributed by atoms with Crippen molar-refractivity contribution in [3.63, 3.8) is 0 Å². The molecule has 32 heavy (non-hydrogen) atoms. The molecule has 0 aliphatic carbocycles. The third-order valence-corrected chi connectivity index (χ3v) is 5.71. The van der Waals surface area contributed by atoms with Gasteiger partial charge in [-0.3, -0.25) is 4.79 Å². The molecule has 0 spiro atoms. The molecule has 3 aromatic rings. The number of ether oxygens (including phenoxy) is 1. The highest BCUT2D eigenvalue weighted by molar-refractivity contribution is 5.84. The van der Waals surface area contributed by atoms with Crippen LogP contribution in [0.1, 0.15) is 29.7 Å². The quantitative estimate of drug-likeness (QED) is 0.558. The number of hydrogen-bond donors (Lipinski definition) is 0. The van der Waals surface area contributed by atoms with Gasteiger partial charge in [-0.25, -0.2) is 4.39 Å². The Morgan fingerprint density at radius 3 is 2.38 bits per heavy atom. The Morgan fingerprint density at radius 1 is 1.12 bits per heavy atom. The van der Waals surface area contributed by atoms with Gasteiger partial charge in [0.15, 0.2) is 0 Å². The molecule has 1 aliphatic rings. The van der Waals surface area contributed by atoms with E-state index in [0.29, 0.717) is 43.1 Å². The first kappa shape index (κ1) is 21.8. The first-order valence-electron chi connectivity index (χ1n) is 9.99. The molecule has 0 radical (unpaired) electrons. The van der Waals surface area contributed by atoms with E-state index >= 15 is 0 Å². The van der Waals surface area contributed by atoms with Crippen LogP contribution in [0.3, 0.4) is 0 Å². The van der Waals surface area contributed by atoms with Crippen LogP contribution < -0.4 is 10.3 Å². The molecule has 1 fully saturated rings. The van der Waals surface area contributed by atoms with Gasteiger partial charge in [0.1, 0.15) is 17.4 Å². The van der Waals surface area contributed by atoms with Gasteiger partial charge in [-0.1, -0.05) is 12.1 Å². The zero-order valence-corrected chi connectivity index (χ0v) is 17.1. The van der Waals surface area contributed by atoms with Crippen molar-refractivity contribution >= 4 is 16.6 Å². The molecule has 166 valence electrons. The minimum atomic E-state index is -4.45. The summed E-state index contributed by atoms with van der Waals surface area (Å²) in [5.74, 6) is -0.583. The summed E-state index contributed by atoms with van der Waals surface area (Å²) < 4.78 is 60.6. The van der Waals surface area contributed by atoms with E-state index in [1.807, 2.05) is 11.0 Å². The number of rotatable bonds is 3. The number of nitrogens with zero attached hydrogens (tertiary/aromatic N) is 3. The Labute approximate surface area is 181 Å². The molecule has 4 rings (SSSR count). The zero-order valence-electron chi connectivity index (χ0n) is 17.1. The number of benzene rings is 2. The molecule has 0 saturated carbocycles. The van der Waals surface area contributed by atoms with Crippen LogP contribution in [-0.2, 0) is 10.9 Å². The molecule has 1 aliphatic heterocycles. The van der Waals surface area contributed by atoms with Crippen LogP contribution in [-0.4, -0.2) is 30.9 Å². The van der Waals surface area contributed by atoms with E-state index < -0.39 is 29.0 Å². The lowest BCUT2D eigenvalue weighted by Gasteiger charge is -2.30. The van der Waals surface area contributed by atoms with Gasteiger partial charge in [-0.2, -0.15) is 18.4 Å². The second kappa shape index (κ2) is 8.28. The summed E-state index contributed by atoms with van der Waals surface area (Å²) in [7, 11) is 0. The van der Waals surface area contributed by atoms with Crippen molar-refractivity contribution in [2.24, 2.45) is 0 Å². The summed E-state index contributed by atoms with van der Waals surface area (Å²) >= 11 is 0. The molecule has 0 unspecified atom stereocenters. The molecule has 9 heteroatoms. The van der Waals surface area contributed by atoms with Crippen molar-refractivity contribution in [3.8, 4) is 6.07 Å². The predicted molar refractivity (Wildman–Crippen MR) is 111 cm³/mol. The zero-order chi connectivity index (χ0) is 23.0. The Balaban J connectivity index is 1.88. The van der Waals surface area contributed by atoms with Crippen LogP contribution in [0.15, 0.2) is 47.4 Å². The number of aromatic nitrogens is 1. The van der Waals surface area contributed by atoms with Gasteiger partial charge < -0.3 is 14.2 Å². The molecular weight excluding hydrogens is 426 g/mol. The Morgan fingerprint density at radius 2 is 1.78 bits per heavy atom.